The standard InChI is InChI=1S/C19H19FN4O2/c1-13-22-19(26-23-13)15-5-7-18(21-11-15)25-17-6-4-14(10-16(17)20)12-24-8-2-3-9-24/h4-7,10-11H,2-3,8-9,12H2,1H3. The van der Waals surface area contributed by atoms with Crippen LogP contribution in [0.4, 0.5) is 4.39 Å². The Morgan fingerprint density at radius 3 is 2.69 bits per heavy atom. The number of hydrogen-bond acceptors (Lipinski definition) is 6. The van der Waals surface area contributed by atoms with Crippen molar-refractivity contribution in [1.82, 2.24) is 20.0 Å². The third-order valence-electron chi connectivity index (χ3n) is 4.33. The zero-order chi connectivity index (χ0) is 17.9. The summed E-state index contributed by atoms with van der Waals surface area (Å²) >= 11 is 0. The van der Waals surface area contributed by atoms with Crippen LogP contribution in [0.3, 0.4) is 0 Å². The van der Waals surface area contributed by atoms with Gasteiger partial charge >= 0.3 is 0 Å². The van der Waals surface area contributed by atoms with Crippen molar-refractivity contribution in [3.8, 4) is 23.1 Å². The molecule has 26 heavy (non-hydrogen) atoms. The van der Waals surface area contributed by atoms with Crippen LogP contribution in [0.25, 0.3) is 11.5 Å². The molecule has 1 aliphatic rings. The molecule has 1 aromatic carbocycles. The molecule has 3 aromatic rings. The minimum atomic E-state index is -0.389. The number of likely N-dealkylation sites (tertiary alicyclic amines) is 1. The number of aryl methyl sites for hydroxylation is 1. The Hall–Kier alpha value is -2.80. The molecule has 3 heterocycles. The average molecular weight is 354 g/mol. The third kappa shape index (κ3) is 3.72. The number of hydrogen-bond donors (Lipinski definition) is 0. The smallest absolute Gasteiger partial charge is 0.259 e. The van der Waals surface area contributed by atoms with E-state index >= 15 is 0 Å². The van der Waals surface area contributed by atoms with Crippen LogP contribution in [0.5, 0.6) is 11.6 Å². The summed E-state index contributed by atoms with van der Waals surface area (Å²) in [5.41, 5.74) is 1.63. The minimum absolute atomic E-state index is 0.157. The van der Waals surface area contributed by atoms with Crippen LogP contribution in [0.1, 0.15) is 24.2 Å². The maximum atomic E-state index is 14.4. The second-order valence-electron chi connectivity index (χ2n) is 6.38. The highest BCUT2D eigenvalue weighted by atomic mass is 19.1. The first-order valence-corrected chi connectivity index (χ1v) is 8.63. The van der Waals surface area contributed by atoms with Gasteiger partial charge in [-0.3, -0.25) is 4.90 Å². The van der Waals surface area contributed by atoms with Crippen molar-refractivity contribution in [3.63, 3.8) is 0 Å². The Balaban J connectivity index is 1.44. The molecular formula is C19H19FN4O2. The normalized spacial score (nSPS) is 14.7. The first-order chi connectivity index (χ1) is 12.7. The molecule has 0 unspecified atom stereocenters. The van der Waals surface area contributed by atoms with E-state index in [-0.39, 0.29) is 11.6 Å². The Kier molecular flexibility index (Phi) is 4.62. The highest BCUT2D eigenvalue weighted by Crippen LogP contribution is 2.26. The van der Waals surface area contributed by atoms with Crippen LogP contribution in [-0.4, -0.2) is 33.1 Å². The lowest BCUT2D eigenvalue weighted by Crippen LogP contribution is -2.18. The van der Waals surface area contributed by atoms with E-state index in [0.717, 1.165) is 25.2 Å². The predicted octanol–water partition coefficient (Wildman–Crippen LogP) is 3.97. The highest BCUT2D eigenvalue weighted by molar-refractivity contribution is 5.51. The van der Waals surface area contributed by atoms with Gasteiger partial charge in [0.25, 0.3) is 5.89 Å². The predicted molar refractivity (Wildman–Crippen MR) is 93.3 cm³/mol. The zero-order valence-electron chi connectivity index (χ0n) is 14.5. The maximum Gasteiger partial charge on any atom is 0.259 e. The van der Waals surface area contributed by atoms with Crippen molar-refractivity contribution < 1.29 is 13.7 Å². The fourth-order valence-corrected chi connectivity index (χ4v) is 3.02. The Morgan fingerprint density at radius 2 is 2.04 bits per heavy atom. The van der Waals surface area contributed by atoms with Crippen LogP contribution in [0.2, 0.25) is 0 Å². The molecule has 0 aliphatic carbocycles. The summed E-state index contributed by atoms with van der Waals surface area (Å²) in [7, 11) is 0. The van der Waals surface area contributed by atoms with Gasteiger partial charge < -0.3 is 9.26 Å². The molecule has 0 N–H and O–H groups in total. The lowest BCUT2D eigenvalue weighted by Gasteiger charge is -2.15. The summed E-state index contributed by atoms with van der Waals surface area (Å²) in [6, 6.07) is 8.47. The van der Waals surface area contributed by atoms with E-state index in [4.69, 9.17) is 9.26 Å². The van der Waals surface area contributed by atoms with Crippen molar-refractivity contribution in [2.45, 2.75) is 26.3 Å². The van der Waals surface area contributed by atoms with Crippen molar-refractivity contribution in [2.24, 2.45) is 0 Å². The van der Waals surface area contributed by atoms with Crippen molar-refractivity contribution in [1.29, 1.82) is 0 Å². The van der Waals surface area contributed by atoms with Crippen LogP contribution in [-0.2, 0) is 6.54 Å². The molecule has 1 fully saturated rings. The fraction of sp³-hybridized carbons (Fsp3) is 0.316. The van der Waals surface area contributed by atoms with E-state index in [0.29, 0.717) is 23.2 Å². The Morgan fingerprint density at radius 1 is 1.19 bits per heavy atom. The van der Waals surface area contributed by atoms with Gasteiger partial charge in [0.15, 0.2) is 17.4 Å². The number of aromatic nitrogens is 3. The molecule has 0 atom stereocenters. The van der Waals surface area contributed by atoms with Crippen LogP contribution < -0.4 is 4.74 Å². The van der Waals surface area contributed by atoms with Gasteiger partial charge in [0, 0.05) is 18.8 Å². The van der Waals surface area contributed by atoms with E-state index < -0.39 is 0 Å². The van der Waals surface area contributed by atoms with Gasteiger partial charge in [-0.1, -0.05) is 11.2 Å². The molecule has 134 valence electrons. The molecule has 6 nitrogen and oxygen atoms in total. The Bertz CT molecular complexity index is 889. The first kappa shape index (κ1) is 16.7. The lowest BCUT2D eigenvalue weighted by molar-refractivity contribution is 0.330. The first-order valence-electron chi connectivity index (χ1n) is 8.63. The second-order valence-corrected chi connectivity index (χ2v) is 6.38. The Labute approximate surface area is 150 Å². The maximum absolute atomic E-state index is 14.4. The molecule has 4 rings (SSSR count). The molecule has 7 heteroatoms. The monoisotopic (exact) mass is 354 g/mol. The molecule has 0 radical (unpaired) electrons. The molecule has 0 amide bonds. The van der Waals surface area contributed by atoms with Gasteiger partial charge in [0.1, 0.15) is 0 Å². The van der Waals surface area contributed by atoms with E-state index in [2.05, 4.69) is 20.0 Å². The number of ether oxygens (including phenoxy) is 1. The summed E-state index contributed by atoms with van der Waals surface area (Å²) in [5.74, 6) is 1.01. The van der Waals surface area contributed by atoms with Crippen LogP contribution >= 0.6 is 0 Å². The number of rotatable bonds is 5. The summed E-state index contributed by atoms with van der Waals surface area (Å²) < 4.78 is 25.0. The SMILES string of the molecule is Cc1noc(-c2ccc(Oc3ccc(CN4CCCC4)cc3F)nc2)n1. The van der Waals surface area contributed by atoms with Crippen LogP contribution in [0, 0.1) is 12.7 Å². The van der Waals surface area contributed by atoms with Gasteiger partial charge in [-0.2, -0.15) is 4.98 Å². The highest BCUT2D eigenvalue weighted by Gasteiger charge is 2.14. The van der Waals surface area contributed by atoms with Crippen LogP contribution in [0.15, 0.2) is 41.1 Å². The van der Waals surface area contributed by atoms with Crippen molar-refractivity contribution in [3.05, 3.63) is 53.7 Å². The topological polar surface area (TPSA) is 64.3 Å². The quantitative estimate of drug-likeness (QED) is 0.691. The molecule has 1 saturated heterocycles. The molecule has 2 aromatic heterocycles. The zero-order valence-corrected chi connectivity index (χ0v) is 14.5. The molecule has 1 aliphatic heterocycles. The van der Waals surface area contributed by atoms with Gasteiger partial charge in [-0.15, -0.1) is 0 Å². The van der Waals surface area contributed by atoms with Crippen molar-refractivity contribution >= 4 is 0 Å². The summed E-state index contributed by atoms with van der Waals surface area (Å²) in [4.78, 5) is 10.6. The summed E-state index contributed by atoms with van der Waals surface area (Å²) in [6.07, 6.45) is 3.99. The third-order valence-corrected chi connectivity index (χ3v) is 4.33. The number of nitrogens with zero attached hydrogens (tertiary/aromatic N) is 4. The number of benzene rings is 1. The van der Waals surface area contributed by atoms with E-state index in [1.165, 1.54) is 18.9 Å². The van der Waals surface area contributed by atoms with Gasteiger partial charge in [0.05, 0.1) is 5.56 Å². The van der Waals surface area contributed by atoms with E-state index in [1.807, 2.05) is 6.07 Å². The van der Waals surface area contributed by atoms with E-state index in [9.17, 15) is 4.39 Å². The average Bonchev–Trinajstić information content (AvgIpc) is 3.30. The number of pyridine rings is 1. The number of halogens is 1. The summed E-state index contributed by atoms with van der Waals surface area (Å²) in [6.45, 7) is 4.67. The lowest BCUT2D eigenvalue weighted by atomic mass is 10.2. The van der Waals surface area contributed by atoms with Gasteiger partial charge in [-0.25, -0.2) is 9.37 Å². The van der Waals surface area contributed by atoms with E-state index in [1.54, 1.807) is 31.3 Å². The second kappa shape index (κ2) is 7.21. The largest absolute Gasteiger partial charge is 0.436 e. The molecular weight excluding hydrogens is 335 g/mol. The molecule has 0 bridgehead atoms. The van der Waals surface area contributed by atoms with Crippen molar-refractivity contribution in [2.75, 3.05) is 13.1 Å². The molecule has 0 spiro atoms. The molecule has 0 saturated carbocycles. The fourth-order valence-electron chi connectivity index (χ4n) is 3.02. The van der Waals surface area contributed by atoms with Gasteiger partial charge in [-0.05, 0) is 56.6 Å². The minimum Gasteiger partial charge on any atom is -0.436 e. The summed E-state index contributed by atoms with van der Waals surface area (Å²) in [5, 5.41) is 3.74. The van der Waals surface area contributed by atoms with Gasteiger partial charge in [0.2, 0.25) is 5.88 Å².